The number of nitrogens with one attached hydrogen (secondary N) is 1. The van der Waals surface area contributed by atoms with Gasteiger partial charge in [-0.25, -0.2) is 14.4 Å². The first-order valence-corrected chi connectivity index (χ1v) is 5.28. The van der Waals surface area contributed by atoms with Gasteiger partial charge in [0, 0.05) is 12.3 Å². The fourth-order valence-corrected chi connectivity index (χ4v) is 1.50. The van der Waals surface area contributed by atoms with E-state index in [4.69, 9.17) is 17.3 Å². The molecule has 0 bridgehead atoms. The van der Waals surface area contributed by atoms with E-state index >= 15 is 0 Å². The van der Waals surface area contributed by atoms with Crippen molar-refractivity contribution in [3.05, 3.63) is 47.3 Å². The SMILES string of the molecule is Nc1cc(Cl)c(F)cc1NCc1ccncn1. The Hall–Kier alpha value is -1.88. The van der Waals surface area contributed by atoms with Crippen LogP contribution in [0, 0.1) is 5.82 Å². The molecule has 0 atom stereocenters. The van der Waals surface area contributed by atoms with Crippen LogP contribution in [0.4, 0.5) is 15.8 Å². The third-order valence-corrected chi connectivity index (χ3v) is 2.49. The van der Waals surface area contributed by atoms with Crippen molar-refractivity contribution in [1.29, 1.82) is 0 Å². The molecule has 0 saturated heterocycles. The first-order chi connectivity index (χ1) is 8.16. The molecule has 88 valence electrons. The van der Waals surface area contributed by atoms with E-state index in [9.17, 15) is 4.39 Å². The minimum atomic E-state index is -0.508. The van der Waals surface area contributed by atoms with E-state index < -0.39 is 5.82 Å². The van der Waals surface area contributed by atoms with Gasteiger partial charge >= 0.3 is 0 Å². The molecule has 6 heteroatoms. The zero-order chi connectivity index (χ0) is 12.3. The summed E-state index contributed by atoms with van der Waals surface area (Å²) in [6.07, 6.45) is 3.08. The average Bonchev–Trinajstić information content (AvgIpc) is 2.33. The minimum Gasteiger partial charge on any atom is -0.397 e. The Labute approximate surface area is 103 Å². The van der Waals surface area contributed by atoms with E-state index in [-0.39, 0.29) is 5.02 Å². The molecule has 3 N–H and O–H groups in total. The van der Waals surface area contributed by atoms with E-state index in [1.807, 2.05) is 0 Å². The summed E-state index contributed by atoms with van der Waals surface area (Å²) in [5, 5.41) is 2.99. The van der Waals surface area contributed by atoms with Gasteiger partial charge in [0.25, 0.3) is 0 Å². The van der Waals surface area contributed by atoms with Gasteiger partial charge in [0.2, 0.25) is 0 Å². The lowest BCUT2D eigenvalue weighted by Crippen LogP contribution is -2.04. The van der Waals surface area contributed by atoms with Gasteiger partial charge in [-0.15, -0.1) is 0 Å². The molecule has 0 saturated carbocycles. The number of hydrogen-bond donors (Lipinski definition) is 2. The molecule has 2 rings (SSSR count). The third-order valence-electron chi connectivity index (χ3n) is 2.20. The van der Waals surface area contributed by atoms with Crippen LogP contribution >= 0.6 is 11.6 Å². The standard InChI is InChI=1S/C11H10ClFN4/c12-8-3-10(14)11(4-9(8)13)16-5-7-1-2-15-6-17-7/h1-4,6,16H,5,14H2. The van der Waals surface area contributed by atoms with Crippen molar-refractivity contribution in [3.8, 4) is 0 Å². The first-order valence-electron chi connectivity index (χ1n) is 4.90. The molecular formula is C11H10ClFN4. The highest BCUT2D eigenvalue weighted by molar-refractivity contribution is 6.31. The van der Waals surface area contributed by atoms with E-state index in [0.29, 0.717) is 17.9 Å². The Bertz CT molecular complexity index is 518. The van der Waals surface area contributed by atoms with Crippen molar-refractivity contribution < 1.29 is 4.39 Å². The lowest BCUT2D eigenvalue weighted by Gasteiger charge is -2.09. The first kappa shape index (κ1) is 11.6. The molecular weight excluding hydrogens is 243 g/mol. The second kappa shape index (κ2) is 4.97. The van der Waals surface area contributed by atoms with Gasteiger partial charge in [0.15, 0.2) is 0 Å². The summed E-state index contributed by atoms with van der Waals surface area (Å²) in [6, 6.07) is 4.40. The van der Waals surface area contributed by atoms with Crippen molar-refractivity contribution in [2.24, 2.45) is 0 Å². The molecule has 0 radical (unpaired) electrons. The van der Waals surface area contributed by atoms with Crippen LogP contribution in [0.25, 0.3) is 0 Å². The number of nitrogens with two attached hydrogens (primary N) is 1. The zero-order valence-electron chi connectivity index (χ0n) is 8.82. The molecule has 0 aliphatic rings. The second-order valence-corrected chi connectivity index (χ2v) is 3.82. The maximum absolute atomic E-state index is 13.2. The Morgan fingerprint density at radius 3 is 2.94 bits per heavy atom. The van der Waals surface area contributed by atoms with Crippen molar-refractivity contribution in [1.82, 2.24) is 9.97 Å². The summed E-state index contributed by atoms with van der Waals surface area (Å²) in [5.74, 6) is -0.508. The van der Waals surface area contributed by atoms with Crippen LogP contribution in [0.1, 0.15) is 5.69 Å². The Balaban J connectivity index is 2.12. The Morgan fingerprint density at radius 1 is 1.41 bits per heavy atom. The number of benzene rings is 1. The number of anilines is 2. The average molecular weight is 253 g/mol. The molecule has 0 unspecified atom stereocenters. The van der Waals surface area contributed by atoms with Gasteiger partial charge in [0.05, 0.1) is 28.6 Å². The monoisotopic (exact) mass is 252 g/mol. The number of nitrogens with zero attached hydrogens (tertiary/aromatic N) is 2. The highest BCUT2D eigenvalue weighted by atomic mass is 35.5. The Kier molecular flexibility index (Phi) is 3.39. The van der Waals surface area contributed by atoms with E-state index in [1.165, 1.54) is 18.5 Å². The van der Waals surface area contributed by atoms with Crippen molar-refractivity contribution in [3.63, 3.8) is 0 Å². The summed E-state index contributed by atoms with van der Waals surface area (Å²) in [5.41, 5.74) is 7.38. The summed E-state index contributed by atoms with van der Waals surface area (Å²) in [6.45, 7) is 0.438. The minimum absolute atomic E-state index is 0.00934. The molecule has 0 aliphatic heterocycles. The molecule has 1 aromatic carbocycles. The van der Waals surface area contributed by atoms with Crippen LogP contribution in [0.3, 0.4) is 0 Å². The predicted molar refractivity (Wildman–Crippen MR) is 65.2 cm³/mol. The molecule has 17 heavy (non-hydrogen) atoms. The zero-order valence-corrected chi connectivity index (χ0v) is 9.58. The van der Waals surface area contributed by atoms with Crippen LogP contribution in [-0.4, -0.2) is 9.97 Å². The molecule has 2 aromatic rings. The van der Waals surface area contributed by atoms with Crippen LogP contribution in [0.15, 0.2) is 30.7 Å². The maximum Gasteiger partial charge on any atom is 0.143 e. The topological polar surface area (TPSA) is 63.8 Å². The molecule has 0 spiro atoms. The highest BCUT2D eigenvalue weighted by Gasteiger charge is 2.06. The number of halogens is 2. The maximum atomic E-state index is 13.2. The molecule has 0 amide bonds. The number of nitrogen functional groups attached to an aromatic ring is 1. The number of rotatable bonds is 3. The second-order valence-electron chi connectivity index (χ2n) is 3.41. The molecule has 1 aromatic heterocycles. The van der Waals surface area contributed by atoms with Crippen molar-refractivity contribution in [2.45, 2.75) is 6.54 Å². The van der Waals surface area contributed by atoms with Crippen molar-refractivity contribution in [2.75, 3.05) is 11.1 Å². The number of hydrogen-bond acceptors (Lipinski definition) is 4. The number of aromatic nitrogens is 2. The van der Waals surface area contributed by atoms with Gasteiger partial charge in [-0.05, 0) is 12.1 Å². The summed E-state index contributed by atoms with van der Waals surface area (Å²) >= 11 is 5.60. The highest BCUT2D eigenvalue weighted by Crippen LogP contribution is 2.26. The van der Waals surface area contributed by atoms with Crippen LogP contribution in [-0.2, 0) is 6.54 Å². The summed E-state index contributed by atoms with van der Waals surface area (Å²) in [7, 11) is 0. The molecule has 4 nitrogen and oxygen atoms in total. The lowest BCUT2D eigenvalue weighted by atomic mass is 10.2. The van der Waals surface area contributed by atoms with Crippen LogP contribution in [0.2, 0.25) is 5.02 Å². The fourth-order valence-electron chi connectivity index (χ4n) is 1.32. The van der Waals surface area contributed by atoms with E-state index in [2.05, 4.69) is 15.3 Å². The smallest absolute Gasteiger partial charge is 0.143 e. The third kappa shape index (κ3) is 2.82. The van der Waals surface area contributed by atoms with Gasteiger partial charge in [-0.1, -0.05) is 11.6 Å². The quantitative estimate of drug-likeness (QED) is 0.824. The summed E-state index contributed by atoms with van der Waals surface area (Å²) < 4.78 is 13.2. The van der Waals surface area contributed by atoms with E-state index in [1.54, 1.807) is 12.3 Å². The van der Waals surface area contributed by atoms with Gasteiger partial charge in [-0.2, -0.15) is 0 Å². The largest absolute Gasteiger partial charge is 0.397 e. The van der Waals surface area contributed by atoms with Crippen LogP contribution < -0.4 is 11.1 Å². The van der Waals surface area contributed by atoms with Gasteiger partial charge in [0.1, 0.15) is 12.1 Å². The van der Waals surface area contributed by atoms with E-state index in [0.717, 1.165) is 5.69 Å². The molecule has 1 heterocycles. The van der Waals surface area contributed by atoms with Gasteiger partial charge in [-0.3, -0.25) is 0 Å². The lowest BCUT2D eigenvalue weighted by molar-refractivity contribution is 0.629. The fraction of sp³-hybridized carbons (Fsp3) is 0.0909. The summed E-state index contributed by atoms with van der Waals surface area (Å²) in [4.78, 5) is 7.83. The Morgan fingerprint density at radius 2 is 2.24 bits per heavy atom. The molecule has 0 aliphatic carbocycles. The van der Waals surface area contributed by atoms with Gasteiger partial charge < -0.3 is 11.1 Å². The van der Waals surface area contributed by atoms with Crippen LogP contribution in [0.5, 0.6) is 0 Å². The normalized spacial score (nSPS) is 10.2. The van der Waals surface area contributed by atoms with Crippen molar-refractivity contribution >= 4 is 23.0 Å². The molecule has 0 fully saturated rings. The predicted octanol–water partition coefficient (Wildman–Crippen LogP) is 2.46.